The van der Waals surface area contributed by atoms with Crippen LogP contribution >= 0.6 is 0 Å². The molecular formula is C18H24N2O4S. The quantitative estimate of drug-likeness (QED) is 0.810. The molecule has 7 heteroatoms. The van der Waals surface area contributed by atoms with Crippen molar-refractivity contribution in [3.8, 4) is 0 Å². The zero-order chi connectivity index (χ0) is 18.4. The summed E-state index contributed by atoms with van der Waals surface area (Å²) in [5.41, 5.74) is 3.08. The van der Waals surface area contributed by atoms with Gasteiger partial charge in [-0.25, -0.2) is 8.42 Å². The molecule has 2 aliphatic rings. The molecule has 2 heterocycles. The predicted molar refractivity (Wildman–Crippen MR) is 96.2 cm³/mol. The first-order valence-corrected chi connectivity index (χ1v) is 10.3. The van der Waals surface area contributed by atoms with E-state index >= 15 is 0 Å². The Hall–Kier alpha value is -1.89. The van der Waals surface area contributed by atoms with E-state index in [1.54, 1.807) is 11.9 Å². The van der Waals surface area contributed by atoms with Crippen LogP contribution in [-0.4, -0.2) is 56.3 Å². The maximum atomic E-state index is 12.7. The number of hydrogen-bond acceptors (Lipinski definition) is 4. The van der Waals surface area contributed by atoms with Crippen LogP contribution in [0.3, 0.4) is 0 Å². The van der Waals surface area contributed by atoms with Gasteiger partial charge in [0.1, 0.15) is 0 Å². The minimum Gasteiger partial charge on any atom is -0.341 e. The molecule has 1 aromatic rings. The van der Waals surface area contributed by atoms with E-state index in [0.29, 0.717) is 13.0 Å². The summed E-state index contributed by atoms with van der Waals surface area (Å²) in [6.45, 7) is 4.36. The number of nitrogens with zero attached hydrogens (tertiary/aromatic N) is 2. The van der Waals surface area contributed by atoms with Gasteiger partial charge in [-0.15, -0.1) is 0 Å². The van der Waals surface area contributed by atoms with Gasteiger partial charge in [0.15, 0.2) is 9.84 Å². The Morgan fingerprint density at radius 3 is 2.56 bits per heavy atom. The monoisotopic (exact) mass is 364 g/mol. The van der Waals surface area contributed by atoms with Crippen molar-refractivity contribution >= 4 is 27.3 Å². The average Bonchev–Trinajstić information content (AvgIpc) is 3.11. The van der Waals surface area contributed by atoms with Gasteiger partial charge < -0.3 is 9.80 Å². The average molecular weight is 364 g/mol. The van der Waals surface area contributed by atoms with Gasteiger partial charge in [0, 0.05) is 31.7 Å². The molecule has 0 saturated carbocycles. The van der Waals surface area contributed by atoms with Gasteiger partial charge in [-0.2, -0.15) is 0 Å². The number of benzene rings is 1. The molecule has 0 N–H and O–H groups in total. The molecule has 2 amide bonds. The lowest BCUT2D eigenvalue weighted by molar-refractivity contribution is -0.136. The van der Waals surface area contributed by atoms with Gasteiger partial charge in [0.05, 0.1) is 17.4 Å². The molecule has 136 valence electrons. The van der Waals surface area contributed by atoms with Crippen LogP contribution in [-0.2, 0) is 19.4 Å². The lowest BCUT2D eigenvalue weighted by Gasteiger charge is -2.26. The fourth-order valence-corrected chi connectivity index (χ4v) is 5.34. The smallest absolute Gasteiger partial charge is 0.228 e. The van der Waals surface area contributed by atoms with Crippen molar-refractivity contribution in [3.05, 3.63) is 29.3 Å². The Labute approximate surface area is 148 Å². The molecule has 0 bridgehead atoms. The molecule has 0 aromatic heterocycles. The topological polar surface area (TPSA) is 74.8 Å². The van der Waals surface area contributed by atoms with Gasteiger partial charge in [-0.3, -0.25) is 9.59 Å². The standard InChI is InChI=1S/C18H24N2O4S/c1-12-4-5-15(8-13(12)2)20-10-14(9-17(20)21)18(22)19(3)16-6-7-25(23,24)11-16/h4-5,8,14,16H,6-7,9-11H2,1-3H3. The SMILES string of the molecule is Cc1ccc(N2CC(C(=O)N(C)C3CCS(=O)(=O)C3)CC2=O)cc1C. The van der Waals surface area contributed by atoms with Gasteiger partial charge in [-0.1, -0.05) is 6.07 Å². The molecular weight excluding hydrogens is 340 g/mol. The highest BCUT2D eigenvalue weighted by atomic mass is 32.2. The van der Waals surface area contributed by atoms with Crippen LogP contribution in [0.15, 0.2) is 18.2 Å². The highest BCUT2D eigenvalue weighted by molar-refractivity contribution is 7.91. The van der Waals surface area contributed by atoms with Crippen molar-refractivity contribution < 1.29 is 18.0 Å². The van der Waals surface area contributed by atoms with E-state index in [2.05, 4.69) is 0 Å². The number of anilines is 1. The zero-order valence-corrected chi connectivity index (χ0v) is 15.7. The summed E-state index contributed by atoms with van der Waals surface area (Å²) in [6, 6.07) is 5.57. The molecule has 6 nitrogen and oxygen atoms in total. The third kappa shape index (κ3) is 3.56. The van der Waals surface area contributed by atoms with Crippen LogP contribution in [0.25, 0.3) is 0 Å². The van der Waals surface area contributed by atoms with Crippen molar-refractivity contribution in [1.82, 2.24) is 4.90 Å². The van der Waals surface area contributed by atoms with Crippen LogP contribution in [0, 0.1) is 19.8 Å². The van der Waals surface area contributed by atoms with Crippen LogP contribution < -0.4 is 4.90 Å². The maximum absolute atomic E-state index is 12.7. The van der Waals surface area contributed by atoms with Gasteiger partial charge in [0.2, 0.25) is 11.8 Å². The summed E-state index contributed by atoms with van der Waals surface area (Å²) >= 11 is 0. The summed E-state index contributed by atoms with van der Waals surface area (Å²) in [7, 11) is -1.39. The fourth-order valence-electron chi connectivity index (χ4n) is 3.56. The highest BCUT2D eigenvalue weighted by Gasteiger charge is 2.40. The van der Waals surface area contributed by atoms with Crippen LogP contribution in [0.2, 0.25) is 0 Å². The van der Waals surface area contributed by atoms with Crippen molar-refractivity contribution in [3.63, 3.8) is 0 Å². The summed E-state index contributed by atoms with van der Waals surface area (Å²) in [4.78, 5) is 28.3. The molecule has 0 aliphatic carbocycles. The summed E-state index contributed by atoms with van der Waals surface area (Å²) < 4.78 is 23.3. The predicted octanol–water partition coefficient (Wildman–Crippen LogP) is 1.30. The van der Waals surface area contributed by atoms with Crippen molar-refractivity contribution in [2.75, 3.05) is 30.0 Å². The van der Waals surface area contributed by atoms with Gasteiger partial charge in [-0.05, 0) is 43.5 Å². The largest absolute Gasteiger partial charge is 0.341 e. The van der Waals surface area contributed by atoms with Crippen LogP contribution in [0.4, 0.5) is 5.69 Å². The molecule has 2 fully saturated rings. The number of amides is 2. The molecule has 1 aromatic carbocycles. The fraction of sp³-hybridized carbons (Fsp3) is 0.556. The number of sulfone groups is 1. The zero-order valence-electron chi connectivity index (χ0n) is 14.9. The Balaban J connectivity index is 1.71. The number of hydrogen-bond donors (Lipinski definition) is 0. The number of aryl methyl sites for hydroxylation is 2. The Morgan fingerprint density at radius 2 is 1.96 bits per heavy atom. The molecule has 2 unspecified atom stereocenters. The summed E-state index contributed by atoms with van der Waals surface area (Å²) in [5.74, 6) is -0.456. The van der Waals surface area contributed by atoms with Crippen LogP contribution in [0.5, 0.6) is 0 Å². The molecule has 0 spiro atoms. The number of rotatable bonds is 3. The molecule has 2 aliphatic heterocycles. The maximum Gasteiger partial charge on any atom is 0.228 e. The van der Waals surface area contributed by atoms with E-state index < -0.39 is 15.8 Å². The lowest BCUT2D eigenvalue weighted by atomic mass is 10.1. The first kappa shape index (κ1) is 17.9. The minimum atomic E-state index is -3.04. The third-order valence-electron chi connectivity index (χ3n) is 5.38. The molecule has 2 saturated heterocycles. The minimum absolute atomic E-state index is 0.0246. The lowest BCUT2D eigenvalue weighted by Crippen LogP contribution is -2.42. The van der Waals surface area contributed by atoms with Gasteiger partial charge in [0.25, 0.3) is 0 Å². The van der Waals surface area contributed by atoms with Crippen molar-refractivity contribution in [2.45, 2.75) is 32.7 Å². The molecule has 2 atom stereocenters. The first-order chi connectivity index (χ1) is 11.7. The second-order valence-electron chi connectivity index (χ2n) is 7.18. The van der Waals surface area contributed by atoms with Gasteiger partial charge >= 0.3 is 0 Å². The Bertz CT molecular complexity index is 818. The van der Waals surface area contributed by atoms with E-state index in [9.17, 15) is 18.0 Å². The van der Waals surface area contributed by atoms with Crippen molar-refractivity contribution in [1.29, 1.82) is 0 Å². The van der Waals surface area contributed by atoms with E-state index in [1.807, 2.05) is 32.0 Å². The third-order valence-corrected chi connectivity index (χ3v) is 7.13. The summed E-state index contributed by atoms with van der Waals surface area (Å²) in [6.07, 6.45) is 0.654. The normalized spacial score (nSPS) is 25.4. The molecule has 25 heavy (non-hydrogen) atoms. The number of carbonyl (C=O) groups excluding carboxylic acids is 2. The van der Waals surface area contributed by atoms with E-state index in [4.69, 9.17) is 0 Å². The second-order valence-corrected chi connectivity index (χ2v) is 9.41. The molecule has 3 rings (SSSR count). The van der Waals surface area contributed by atoms with E-state index in [0.717, 1.165) is 16.8 Å². The first-order valence-electron chi connectivity index (χ1n) is 8.52. The second kappa shape index (κ2) is 6.44. The van der Waals surface area contributed by atoms with E-state index in [-0.39, 0.29) is 35.8 Å². The van der Waals surface area contributed by atoms with Crippen LogP contribution in [0.1, 0.15) is 24.0 Å². The Morgan fingerprint density at radius 1 is 1.24 bits per heavy atom. The highest BCUT2D eigenvalue weighted by Crippen LogP contribution is 2.29. The molecule has 0 radical (unpaired) electrons. The van der Waals surface area contributed by atoms with Crippen molar-refractivity contribution in [2.24, 2.45) is 5.92 Å². The summed E-state index contributed by atoms with van der Waals surface area (Å²) in [5, 5.41) is 0. The van der Waals surface area contributed by atoms with E-state index in [1.165, 1.54) is 4.90 Å². The number of carbonyl (C=O) groups is 2. The Kier molecular flexibility index (Phi) is 4.62.